The Balaban J connectivity index is 1.75. The van der Waals surface area contributed by atoms with E-state index in [9.17, 15) is 4.79 Å². The van der Waals surface area contributed by atoms with Gasteiger partial charge in [0.15, 0.2) is 5.11 Å². The van der Waals surface area contributed by atoms with Crippen molar-refractivity contribution in [3.8, 4) is 0 Å². The Hall–Kier alpha value is -2.05. The molecule has 0 aliphatic rings. The summed E-state index contributed by atoms with van der Waals surface area (Å²) in [5, 5.41) is 6.74. The van der Waals surface area contributed by atoms with Crippen LogP contribution in [0.1, 0.15) is 10.4 Å². The Bertz CT molecular complexity index is 663. The summed E-state index contributed by atoms with van der Waals surface area (Å²) in [6, 6.07) is 17.2. The third-order valence-electron chi connectivity index (χ3n) is 2.94. The zero-order valence-corrected chi connectivity index (χ0v) is 14.4. The van der Waals surface area contributed by atoms with Crippen LogP contribution in [0.25, 0.3) is 0 Å². The number of nitrogens with one attached hydrogen (secondary N) is 2. The highest BCUT2D eigenvalue weighted by Gasteiger charge is 2.06. The molecule has 2 aromatic carbocycles. The molecule has 0 saturated carbocycles. The first-order valence-electron chi connectivity index (χ1n) is 7.10. The Labute approximate surface area is 145 Å². The maximum absolute atomic E-state index is 11.5. The Morgan fingerprint density at radius 2 is 1.96 bits per heavy atom. The molecule has 6 heteroatoms. The minimum atomic E-state index is -0.369. The molecular formula is C17H18N2O2S2. The molecule has 120 valence electrons. The molecule has 2 N–H and O–H groups in total. The fraction of sp³-hybridized carbons (Fsp3) is 0.176. The summed E-state index contributed by atoms with van der Waals surface area (Å²) in [6.07, 6.45) is 0. The minimum Gasteiger partial charge on any atom is -0.465 e. The maximum Gasteiger partial charge on any atom is 0.337 e. The van der Waals surface area contributed by atoms with Gasteiger partial charge in [-0.25, -0.2) is 4.79 Å². The quantitative estimate of drug-likeness (QED) is 0.361. The number of thiocarbonyl (C=S) groups is 1. The Morgan fingerprint density at radius 1 is 1.17 bits per heavy atom. The average Bonchev–Trinajstić information content (AvgIpc) is 2.59. The van der Waals surface area contributed by atoms with Crippen LogP contribution in [0.15, 0.2) is 59.5 Å². The van der Waals surface area contributed by atoms with E-state index < -0.39 is 0 Å². The molecule has 0 aliphatic carbocycles. The van der Waals surface area contributed by atoms with Crippen molar-refractivity contribution < 1.29 is 9.53 Å². The Morgan fingerprint density at radius 3 is 2.70 bits per heavy atom. The van der Waals surface area contributed by atoms with Crippen LogP contribution in [0.3, 0.4) is 0 Å². The normalized spacial score (nSPS) is 9.96. The molecule has 2 rings (SSSR count). The second kappa shape index (κ2) is 9.17. The number of anilines is 1. The van der Waals surface area contributed by atoms with Gasteiger partial charge in [0.25, 0.3) is 0 Å². The van der Waals surface area contributed by atoms with E-state index in [1.54, 1.807) is 30.0 Å². The smallest absolute Gasteiger partial charge is 0.337 e. The molecule has 0 amide bonds. The molecule has 0 fully saturated rings. The zero-order valence-electron chi connectivity index (χ0n) is 12.7. The summed E-state index contributed by atoms with van der Waals surface area (Å²) >= 11 is 7.02. The van der Waals surface area contributed by atoms with Crippen LogP contribution in [0, 0.1) is 0 Å². The molecule has 0 aliphatic heterocycles. The van der Waals surface area contributed by atoms with Crippen molar-refractivity contribution in [3.63, 3.8) is 0 Å². The first kappa shape index (κ1) is 17.3. The highest BCUT2D eigenvalue weighted by atomic mass is 32.2. The summed E-state index contributed by atoms with van der Waals surface area (Å²) < 4.78 is 4.70. The van der Waals surface area contributed by atoms with Gasteiger partial charge in [-0.1, -0.05) is 24.3 Å². The van der Waals surface area contributed by atoms with Crippen LogP contribution in [0.5, 0.6) is 0 Å². The average molecular weight is 346 g/mol. The molecule has 0 radical (unpaired) electrons. The van der Waals surface area contributed by atoms with Crippen molar-refractivity contribution in [2.45, 2.75) is 4.90 Å². The van der Waals surface area contributed by atoms with E-state index in [0.29, 0.717) is 10.7 Å². The molecule has 0 atom stereocenters. The second-order valence-electron chi connectivity index (χ2n) is 4.61. The second-order valence-corrected chi connectivity index (χ2v) is 6.19. The zero-order chi connectivity index (χ0) is 16.5. The molecule has 4 nitrogen and oxygen atoms in total. The molecule has 0 unspecified atom stereocenters. The van der Waals surface area contributed by atoms with Gasteiger partial charge in [-0.15, -0.1) is 11.8 Å². The standard InChI is InChI=1S/C17H18N2O2S2/c1-21-16(20)13-6-5-7-14(12-13)19-17(22)18-10-11-23-15-8-3-2-4-9-15/h2-9,12H,10-11H2,1H3,(H2,18,19,22). The molecule has 0 saturated heterocycles. The van der Waals surface area contributed by atoms with Gasteiger partial charge in [0.05, 0.1) is 12.7 Å². The minimum absolute atomic E-state index is 0.369. The third-order valence-corrected chi connectivity index (χ3v) is 4.20. The number of hydrogen-bond donors (Lipinski definition) is 2. The van der Waals surface area contributed by atoms with E-state index in [0.717, 1.165) is 18.0 Å². The largest absolute Gasteiger partial charge is 0.465 e. The molecule has 0 heterocycles. The van der Waals surface area contributed by atoms with Crippen molar-refractivity contribution >= 4 is 40.7 Å². The third kappa shape index (κ3) is 5.92. The van der Waals surface area contributed by atoms with Crippen molar-refractivity contribution in [1.29, 1.82) is 0 Å². The summed E-state index contributed by atoms with van der Waals surface area (Å²) in [5.41, 5.74) is 1.24. The van der Waals surface area contributed by atoms with Crippen LogP contribution in [-0.2, 0) is 4.74 Å². The van der Waals surface area contributed by atoms with Crippen LogP contribution >= 0.6 is 24.0 Å². The lowest BCUT2D eigenvalue weighted by Crippen LogP contribution is -2.30. The molecule has 0 spiro atoms. The van der Waals surface area contributed by atoms with E-state index in [-0.39, 0.29) is 5.97 Å². The van der Waals surface area contributed by atoms with Crippen molar-refractivity contribution in [3.05, 3.63) is 60.2 Å². The van der Waals surface area contributed by atoms with Crippen LogP contribution in [0.4, 0.5) is 5.69 Å². The van der Waals surface area contributed by atoms with E-state index in [2.05, 4.69) is 22.8 Å². The van der Waals surface area contributed by atoms with Crippen molar-refractivity contribution in [2.75, 3.05) is 24.7 Å². The molecule has 2 aromatic rings. The van der Waals surface area contributed by atoms with Crippen LogP contribution in [0.2, 0.25) is 0 Å². The number of esters is 1. The van der Waals surface area contributed by atoms with E-state index in [1.807, 2.05) is 24.3 Å². The monoisotopic (exact) mass is 346 g/mol. The summed E-state index contributed by atoms with van der Waals surface area (Å²) in [6.45, 7) is 0.752. The highest BCUT2D eigenvalue weighted by Crippen LogP contribution is 2.16. The summed E-state index contributed by atoms with van der Waals surface area (Å²) in [4.78, 5) is 12.7. The number of benzene rings is 2. The van der Waals surface area contributed by atoms with Crippen molar-refractivity contribution in [2.24, 2.45) is 0 Å². The van der Waals surface area contributed by atoms with E-state index in [4.69, 9.17) is 17.0 Å². The fourth-order valence-electron chi connectivity index (χ4n) is 1.87. The lowest BCUT2D eigenvalue weighted by molar-refractivity contribution is 0.0601. The van der Waals surface area contributed by atoms with Gasteiger partial charge in [-0.2, -0.15) is 0 Å². The van der Waals surface area contributed by atoms with Gasteiger partial charge < -0.3 is 15.4 Å². The van der Waals surface area contributed by atoms with Gasteiger partial charge in [0.1, 0.15) is 0 Å². The van der Waals surface area contributed by atoms with Gasteiger partial charge in [0, 0.05) is 22.9 Å². The molecule has 0 bridgehead atoms. The summed E-state index contributed by atoms with van der Waals surface area (Å²) in [5.74, 6) is 0.542. The molecule has 0 aromatic heterocycles. The summed E-state index contributed by atoms with van der Waals surface area (Å²) in [7, 11) is 1.36. The topological polar surface area (TPSA) is 50.4 Å². The first-order chi connectivity index (χ1) is 11.2. The van der Waals surface area contributed by atoms with E-state index in [1.165, 1.54) is 12.0 Å². The number of rotatable bonds is 6. The van der Waals surface area contributed by atoms with Gasteiger partial charge in [0.2, 0.25) is 0 Å². The number of hydrogen-bond acceptors (Lipinski definition) is 4. The SMILES string of the molecule is COC(=O)c1cccc(NC(=S)NCCSc2ccccc2)c1. The van der Waals surface area contributed by atoms with E-state index >= 15 is 0 Å². The highest BCUT2D eigenvalue weighted by molar-refractivity contribution is 7.99. The van der Waals surface area contributed by atoms with Gasteiger partial charge in [-0.3, -0.25) is 0 Å². The maximum atomic E-state index is 11.5. The fourth-order valence-corrected chi connectivity index (χ4v) is 2.88. The van der Waals surface area contributed by atoms with Gasteiger partial charge >= 0.3 is 5.97 Å². The number of methoxy groups -OCH3 is 1. The van der Waals surface area contributed by atoms with Crippen LogP contribution in [-0.4, -0.2) is 30.5 Å². The predicted molar refractivity (Wildman–Crippen MR) is 99.2 cm³/mol. The lowest BCUT2D eigenvalue weighted by atomic mass is 10.2. The van der Waals surface area contributed by atoms with Crippen LogP contribution < -0.4 is 10.6 Å². The molecular weight excluding hydrogens is 328 g/mol. The number of carbonyl (C=O) groups is 1. The number of thioether (sulfide) groups is 1. The number of ether oxygens (including phenoxy) is 1. The Kier molecular flexibility index (Phi) is 6.90. The van der Waals surface area contributed by atoms with Gasteiger partial charge in [-0.05, 0) is 42.5 Å². The lowest BCUT2D eigenvalue weighted by Gasteiger charge is -2.11. The molecule has 23 heavy (non-hydrogen) atoms. The van der Waals surface area contributed by atoms with Crippen molar-refractivity contribution in [1.82, 2.24) is 5.32 Å². The number of carbonyl (C=O) groups excluding carboxylic acids is 1. The first-order valence-corrected chi connectivity index (χ1v) is 8.49. The predicted octanol–water partition coefficient (Wildman–Crippen LogP) is 3.55.